The summed E-state index contributed by atoms with van der Waals surface area (Å²) in [4.78, 5) is 22.4. The highest BCUT2D eigenvalue weighted by Gasteiger charge is 2.17. The third-order valence-corrected chi connectivity index (χ3v) is 4.76. The minimum Gasteiger partial charge on any atom is -0.355 e. The molecule has 0 radical (unpaired) electrons. The minimum atomic E-state index is -0.221. The molecule has 0 fully saturated rings. The molecular weight excluding hydrogens is 374 g/mol. The first-order valence-corrected chi connectivity index (χ1v) is 9.62. The summed E-state index contributed by atoms with van der Waals surface area (Å²) in [6, 6.07) is 16.9. The summed E-state index contributed by atoms with van der Waals surface area (Å²) in [6.45, 7) is 2.84. The fraction of sp³-hybridized carbons (Fsp3) is 0.190. The lowest BCUT2D eigenvalue weighted by Gasteiger charge is -2.14. The molecule has 2 heterocycles. The highest BCUT2D eigenvalue weighted by atomic mass is 35.5. The molecule has 0 spiro atoms. The lowest BCUT2D eigenvalue weighted by molar-refractivity contribution is 0.815. The number of unbranched alkanes of at least 4 members (excludes halogenated alkanes) is 1. The van der Waals surface area contributed by atoms with Crippen LogP contribution in [-0.4, -0.2) is 25.6 Å². The Hall–Kier alpha value is -3.12. The Morgan fingerprint density at radius 1 is 1.04 bits per heavy atom. The number of hydrogen-bond donors (Lipinski definition) is 1. The Labute approximate surface area is 167 Å². The second kappa shape index (κ2) is 7.86. The number of fused-ring (bicyclic) bond motifs is 1. The van der Waals surface area contributed by atoms with Gasteiger partial charge in [-0.2, -0.15) is 4.98 Å². The smallest absolute Gasteiger partial charge is 0.287 e. The van der Waals surface area contributed by atoms with Crippen LogP contribution in [0.25, 0.3) is 22.5 Å². The van der Waals surface area contributed by atoms with Crippen LogP contribution in [0.15, 0.2) is 65.7 Å². The zero-order chi connectivity index (χ0) is 19.5. The summed E-state index contributed by atoms with van der Waals surface area (Å²) in [5.74, 6) is 0.492. The zero-order valence-electron chi connectivity index (χ0n) is 15.5. The molecule has 28 heavy (non-hydrogen) atoms. The summed E-state index contributed by atoms with van der Waals surface area (Å²) in [5.41, 5.74) is 2.22. The van der Waals surface area contributed by atoms with Crippen molar-refractivity contribution in [1.29, 1.82) is 0 Å². The number of halogens is 1. The van der Waals surface area contributed by atoms with Crippen LogP contribution in [0, 0.1) is 0 Å². The summed E-state index contributed by atoms with van der Waals surface area (Å²) < 4.78 is 3.38. The average Bonchev–Trinajstić information content (AvgIpc) is 3.14. The Morgan fingerprint density at radius 2 is 1.79 bits per heavy atom. The van der Waals surface area contributed by atoms with Gasteiger partial charge in [-0.25, -0.2) is 9.55 Å². The minimum absolute atomic E-state index is 0.221. The van der Waals surface area contributed by atoms with Gasteiger partial charge in [0.15, 0.2) is 11.2 Å². The Bertz CT molecular complexity index is 1150. The van der Waals surface area contributed by atoms with Crippen molar-refractivity contribution in [1.82, 2.24) is 19.1 Å². The van der Waals surface area contributed by atoms with Gasteiger partial charge in [-0.1, -0.05) is 43.1 Å². The maximum absolute atomic E-state index is 13.3. The number of anilines is 1. The first kappa shape index (κ1) is 18.3. The third-order valence-electron chi connectivity index (χ3n) is 4.50. The molecular formula is C21H20ClN5O. The van der Waals surface area contributed by atoms with Crippen molar-refractivity contribution in [2.75, 3.05) is 11.9 Å². The maximum atomic E-state index is 13.3. The van der Waals surface area contributed by atoms with E-state index >= 15 is 0 Å². The lowest BCUT2D eigenvalue weighted by atomic mass is 10.3. The molecule has 0 unspecified atom stereocenters. The van der Waals surface area contributed by atoms with Gasteiger partial charge in [0.25, 0.3) is 5.56 Å². The molecule has 4 aromatic rings. The fourth-order valence-corrected chi connectivity index (χ4v) is 3.18. The second-order valence-corrected chi connectivity index (χ2v) is 6.89. The summed E-state index contributed by atoms with van der Waals surface area (Å²) in [7, 11) is 0. The molecule has 0 aliphatic rings. The van der Waals surface area contributed by atoms with Crippen LogP contribution in [0.1, 0.15) is 19.8 Å². The van der Waals surface area contributed by atoms with Crippen molar-refractivity contribution in [3.63, 3.8) is 0 Å². The van der Waals surface area contributed by atoms with Crippen molar-refractivity contribution in [3.8, 4) is 11.4 Å². The van der Waals surface area contributed by atoms with Gasteiger partial charge in [0.1, 0.15) is 6.33 Å². The van der Waals surface area contributed by atoms with E-state index in [-0.39, 0.29) is 5.56 Å². The largest absolute Gasteiger partial charge is 0.355 e. The number of para-hydroxylation sites is 1. The van der Waals surface area contributed by atoms with Crippen molar-refractivity contribution in [2.45, 2.75) is 19.8 Å². The van der Waals surface area contributed by atoms with Crippen LogP contribution in [-0.2, 0) is 0 Å². The highest BCUT2D eigenvalue weighted by molar-refractivity contribution is 6.30. The second-order valence-electron chi connectivity index (χ2n) is 6.46. The molecule has 6 nitrogen and oxygen atoms in total. The third kappa shape index (κ3) is 3.39. The maximum Gasteiger partial charge on any atom is 0.287 e. The zero-order valence-corrected chi connectivity index (χ0v) is 16.2. The Morgan fingerprint density at radius 3 is 2.50 bits per heavy atom. The van der Waals surface area contributed by atoms with E-state index in [0.717, 1.165) is 25.1 Å². The van der Waals surface area contributed by atoms with E-state index < -0.39 is 0 Å². The molecule has 0 aliphatic heterocycles. The van der Waals surface area contributed by atoms with Crippen molar-refractivity contribution in [2.24, 2.45) is 0 Å². The number of hydrogen-bond acceptors (Lipinski definition) is 4. The van der Waals surface area contributed by atoms with Crippen LogP contribution in [0.5, 0.6) is 0 Å². The molecule has 0 atom stereocenters. The number of benzene rings is 2. The first-order chi connectivity index (χ1) is 13.7. The molecule has 0 saturated heterocycles. The predicted octanol–water partition coefficient (Wildman–Crippen LogP) is 4.44. The molecule has 0 bridgehead atoms. The predicted molar refractivity (Wildman–Crippen MR) is 113 cm³/mol. The van der Waals surface area contributed by atoms with Crippen LogP contribution in [0.3, 0.4) is 0 Å². The SMILES string of the molecule is CCCCNc1nc2c(ncn2-c2ccccc2)c(=O)n1-c1ccc(Cl)cc1. The van der Waals surface area contributed by atoms with Crippen LogP contribution in [0.2, 0.25) is 5.02 Å². The quantitative estimate of drug-likeness (QED) is 0.492. The molecule has 0 aliphatic carbocycles. The van der Waals surface area contributed by atoms with Gasteiger partial charge in [-0.05, 0) is 42.8 Å². The molecule has 7 heteroatoms. The normalized spacial score (nSPS) is 11.1. The number of imidazole rings is 1. The van der Waals surface area contributed by atoms with E-state index in [1.807, 2.05) is 34.9 Å². The monoisotopic (exact) mass is 393 g/mol. The van der Waals surface area contributed by atoms with Crippen LogP contribution < -0.4 is 10.9 Å². The number of aromatic nitrogens is 4. The average molecular weight is 394 g/mol. The van der Waals surface area contributed by atoms with Crippen molar-refractivity contribution < 1.29 is 0 Å². The van der Waals surface area contributed by atoms with E-state index in [2.05, 4.69) is 17.2 Å². The summed E-state index contributed by atoms with van der Waals surface area (Å²) >= 11 is 6.01. The lowest BCUT2D eigenvalue weighted by Crippen LogP contribution is -2.24. The van der Waals surface area contributed by atoms with Crippen LogP contribution >= 0.6 is 11.6 Å². The van der Waals surface area contributed by atoms with Crippen molar-refractivity contribution >= 4 is 28.7 Å². The van der Waals surface area contributed by atoms with E-state index in [4.69, 9.17) is 16.6 Å². The highest BCUT2D eigenvalue weighted by Crippen LogP contribution is 2.20. The molecule has 1 N–H and O–H groups in total. The molecule has 2 aromatic carbocycles. The fourth-order valence-electron chi connectivity index (χ4n) is 3.05. The number of nitrogens with one attached hydrogen (secondary N) is 1. The molecule has 0 amide bonds. The number of nitrogens with zero attached hydrogens (tertiary/aromatic N) is 4. The van der Waals surface area contributed by atoms with Crippen molar-refractivity contribution in [3.05, 3.63) is 76.3 Å². The van der Waals surface area contributed by atoms with E-state index in [1.165, 1.54) is 0 Å². The molecule has 2 aromatic heterocycles. The van der Waals surface area contributed by atoms with E-state index in [0.29, 0.717) is 27.8 Å². The van der Waals surface area contributed by atoms with E-state index in [9.17, 15) is 4.79 Å². The number of rotatable bonds is 6. The summed E-state index contributed by atoms with van der Waals surface area (Å²) in [5, 5.41) is 3.92. The van der Waals surface area contributed by atoms with Crippen LogP contribution in [0.4, 0.5) is 5.95 Å². The van der Waals surface area contributed by atoms with Gasteiger partial charge in [0, 0.05) is 17.3 Å². The van der Waals surface area contributed by atoms with Gasteiger partial charge in [0.05, 0.1) is 5.69 Å². The first-order valence-electron chi connectivity index (χ1n) is 9.24. The van der Waals surface area contributed by atoms with Gasteiger partial charge >= 0.3 is 0 Å². The van der Waals surface area contributed by atoms with Gasteiger partial charge < -0.3 is 5.32 Å². The Balaban J connectivity index is 1.92. The van der Waals surface area contributed by atoms with E-state index in [1.54, 1.807) is 35.2 Å². The Kier molecular flexibility index (Phi) is 5.12. The molecule has 142 valence electrons. The van der Waals surface area contributed by atoms with Gasteiger partial charge in [-0.3, -0.25) is 9.36 Å². The topological polar surface area (TPSA) is 64.7 Å². The summed E-state index contributed by atoms with van der Waals surface area (Å²) in [6.07, 6.45) is 3.66. The standard InChI is InChI=1S/C21H20ClN5O/c1-2-3-13-23-21-25-19-18(24-14-26(19)16-7-5-4-6-8-16)20(28)27(21)17-11-9-15(22)10-12-17/h4-12,14H,2-3,13H2,1H3,(H,23,25). The molecule has 0 saturated carbocycles. The van der Waals surface area contributed by atoms with Gasteiger partial charge in [-0.15, -0.1) is 0 Å². The molecule has 4 rings (SSSR count). The van der Waals surface area contributed by atoms with Gasteiger partial charge in [0.2, 0.25) is 5.95 Å².